The van der Waals surface area contributed by atoms with E-state index in [0.717, 1.165) is 0 Å². The zero-order valence-corrected chi connectivity index (χ0v) is 10.4. The lowest BCUT2D eigenvalue weighted by Gasteiger charge is -2.46. The van der Waals surface area contributed by atoms with Crippen molar-refractivity contribution in [3.8, 4) is 0 Å². The molecule has 0 spiro atoms. The average Bonchev–Trinajstić information content (AvgIpc) is 2.20. The van der Waals surface area contributed by atoms with Crippen molar-refractivity contribution < 1.29 is 18.7 Å². The summed E-state index contributed by atoms with van der Waals surface area (Å²) in [6.07, 6.45) is 0.465. The topological polar surface area (TPSA) is 52.6 Å². The number of piperidine rings is 1. The average molecular weight is 250 g/mol. The number of carboxylic acids is 1. The molecule has 1 heterocycles. The number of hydrogen-bond donors (Lipinski definition) is 2. The van der Waals surface area contributed by atoms with Gasteiger partial charge < -0.3 is 5.11 Å². The molecule has 0 aromatic carbocycles. The van der Waals surface area contributed by atoms with Gasteiger partial charge in [0.1, 0.15) is 6.04 Å². The fourth-order valence-electron chi connectivity index (χ4n) is 2.67. The van der Waals surface area contributed by atoms with Crippen molar-refractivity contribution in [3.63, 3.8) is 0 Å². The highest BCUT2D eigenvalue weighted by Gasteiger charge is 2.54. The third kappa shape index (κ3) is 2.74. The van der Waals surface area contributed by atoms with Gasteiger partial charge in [0.25, 0.3) is 5.92 Å². The molecule has 0 bridgehead atoms. The van der Waals surface area contributed by atoms with Crippen LogP contribution in [-0.4, -0.2) is 41.1 Å². The van der Waals surface area contributed by atoms with Gasteiger partial charge in [-0.05, 0) is 20.4 Å². The van der Waals surface area contributed by atoms with E-state index in [-0.39, 0.29) is 12.8 Å². The molecule has 6 heteroatoms. The Balaban J connectivity index is 3.05. The van der Waals surface area contributed by atoms with Gasteiger partial charge in [-0.3, -0.25) is 10.2 Å². The fraction of sp³-hybridized carbons (Fsp3) is 0.909. The standard InChI is InChI=1S/C11H20F2N2O2/c1-4-5-8-9(10(16)17)15(14-3)7(2)6-11(8,12)13/h7-9,14H,4-6H2,1-3H3,(H,16,17). The maximum atomic E-state index is 13.9. The largest absolute Gasteiger partial charge is 0.480 e. The SMILES string of the molecule is CCCC1C(C(=O)O)N(NC)C(C)CC1(F)F. The minimum absolute atomic E-state index is 0.217. The second-order valence-electron chi connectivity index (χ2n) is 4.62. The highest BCUT2D eigenvalue weighted by molar-refractivity contribution is 5.74. The first-order valence-electron chi connectivity index (χ1n) is 5.91. The van der Waals surface area contributed by atoms with Crippen molar-refractivity contribution in [2.45, 2.75) is 51.1 Å². The molecular formula is C11H20F2N2O2. The second kappa shape index (κ2) is 5.27. The number of nitrogens with zero attached hydrogens (tertiary/aromatic N) is 1. The maximum Gasteiger partial charge on any atom is 0.322 e. The van der Waals surface area contributed by atoms with Crippen LogP contribution in [0.15, 0.2) is 0 Å². The molecule has 0 aromatic rings. The van der Waals surface area contributed by atoms with Crippen LogP contribution in [0.1, 0.15) is 33.1 Å². The maximum absolute atomic E-state index is 13.9. The monoisotopic (exact) mass is 250 g/mol. The number of carbonyl (C=O) groups is 1. The van der Waals surface area contributed by atoms with Gasteiger partial charge in [0.2, 0.25) is 0 Å². The van der Waals surface area contributed by atoms with E-state index in [4.69, 9.17) is 0 Å². The van der Waals surface area contributed by atoms with E-state index in [2.05, 4.69) is 5.43 Å². The van der Waals surface area contributed by atoms with Crippen LogP contribution < -0.4 is 5.43 Å². The number of rotatable bonds is 4. The van der Waals surface area contributed by atoms with Gasteiger partial charge in [-0.25, -0.2) is 13.8 Å². The van der Waals surface area contributed by atoms with Crippen LogP contribution in [0.2, 0.25) is 0 Å². The predicted octanol–water partition coefficient (Wildman–Crippen LogP) is 1.72. The molecule has 4 nitrogen and oxygen atoms in total. The van der Waals surface area contributed by atoms with E-state index in [1.807, 2.05) is 0 Å². The molecule has 0 amide bonds. The van der Waals surface area contributed by atoms with Crippen molar-refractivity contribution in [3.05, 3.63) is 0 Å². The molecule has 0 aliphatic carbocycles. The molecule has 1 fully saturated rings. The van der Waals surface area contributed by atoms with Crippen LogP contribution in [0, 0.1) is 5.92 Å². The highest BCUT2D eigenvalue weighted by atomic mass is 19.3. The normalized spacial score (nSPS) is 33.6. The number of hydrazine groups is 1. The Labute approximate surface area is 99.9 Å². The van der Waals surface area contributed by atoms with Crippen molar-refractivity contribution in [1.29, 1.82) is 0 Å². The molecule has 17 heavy (non-hydrogen) atoms. The third-order valence-electron chi connectivity index (χ3n) is 3.38. The van der Waals surface area contributed by atoms with E-state index < -0.39 is 29.9 Å². The number of aliphatic carboxylic acids is 1. The molecule has 2 N–H and O–H groups in total. The van der Waals surface area contributed by atoms with Crippen LogP contribution in [0.25, 0.3) is 0 Å². The Kier molecular flexibility index (Phi) is 4.43. The first-order chi connectivity index (χ1) is 7.85. The minimum atomic E-state index is -2.91. The summed E-state index contributed by atoms with van der Waals surface area (Å²) < 4.78 is 27.8. The van der Waals surface area contributed by atoms with Gasteiger partial charge >= 0.3 is 5.97 Å². The van der Waals surface area contributed by atoms with Gasteiger partial charge in [-0.1, -0.05) is 13.3 Å². The van der Waals surface area contributed by atoms with Gasteiger partial charge in [0, 0.05) is 12.5 Å². The lowest BCUT2D eigenvalue weighted by molar-refractivity contribution is -0.185. The van der Waals surface area contributed by atoms with Crippen molar-refractivity contribution in [2.75, 3.05) is 7.05 Å². The number of alkyl halides is 2. The summed E-state index contributed by atoms with van der Waals surface area (Å²) in [5.41, 5.74) is 2.73. The molecule has 1 rings (SSSR count). The minimum Gasteiger partial charge on any atom is -0.480 e. The van der Waals surface area contributed by atoms with Crippen LogP contribution >= 0.6 is 0 Å². The molecule has 0 saturated carbocycles. The first kappa shape index (κ1) is 14.3. The van der Waals surface area contributed by atoms with Crippen LogP contribution in [0.5, 0.6) is 0 Å². The summed E-state index contributed by atoms with van der Waals surface area (Å²) in [6, 6.07) is -1.66. The van der Waals surface area contributed by atoms with E-state index in [9.17, 15) is 18.7 Å². The predicted molar refractivity (Wildman–Crippen MR) is 59.7 cm³/mol. The third-order valence-corrected chi connectivity index (χ3v) is 3.38. The number of halogens is 2. The summed E-state index contributed by atoms with van der Waals surface area (Å²) in [4.78, 5) is 11.2. The van der Waals surface area contributed by atoms with Gasteiger partial charge in [0.15, 0.2) is 0 Å². The van der Waals surface area contributed by atoms with E-state index >= 15 is 0 Å². The summed E-state index contributed by atoms with van der Waals surface area (Å²) in [7, 11) is 1.57. The molecule has 3 unspecified atom stereocenters. The van der Waals surface area contributed by atoms with Crippen LogP contribution in [0.3, 0.4) is 0 Å². The van der Waals surface area contributed by atoms with Crippen molar-refractivity contribution >= 4 is 5.97 Å². The van der Waals surface area contributed by atoms with E-state index in [1.165, 1.54) is 5.01 Å². The summed E-state index contributed by atoms with van der Waals surface area (Å²) in [5, 5.41) is 10.6. The Bertz CT molecular complexity index is 287. The Morgan fingerprint density at radius 2 is 2.18 bits per heavy atom. The van der Waals surface area contributed by atoms with Crippen molar-refractivity contribution in [2.24, 2.45) is 5.92 Å². The van der Waals surface area contributed by atoms with Gasteiger partial charge in [-0.2, -0.15) is 0 Å². The van der Waals surface area contributed by atoms with Crippen molar-refractivity contribution in [1.82, 2.24) is 10.4 Å². The molecule has 0 radical (unpaired) electrons. The Morgan fingerprint density at radius 1 is 1.59 bits per heavy atom. The van der Waals surface area contributed by atoms with E-state index in [1.54, 1.807) is 20.9 Å². The lowest BCUT2D eigenvalue weighted by atomic mass is 9.80. The van der Waals surface area contributed by atoms with Gasteiger partial charge in [0.05, 0.1) is 5.92 Å². The second-order valence-corrected chi connectivity index (χ2v) is 4.62. The zero-order valence-electron chi connectivity index (χ0n) is 10.4. The molecule has 100 valence electrons. The molecule has 1 aliphatic rings. The first-order valence-corrected chi connectivity index (χ1v) is 5.91. The van der Waals surface area contributed by atoms with Crippen LogP contribution in [0.4, 0.5) is 8.78 Å². The Hall–Kier alpha value is -0.750. The lowest BCUT2D eigenvalue weighted by Crippen LogP contribution is -2.64. The number of nitrogens with one attached hydrogen (secondary N) is 1. The zero-order chi connectivity index (χ0) is 13.2. The summed E-state index contributed by atoms with van der Waals surface area (Å²) >= 11 is 0. The molecule has 1 saturated heterocycles. The molecular weight excluding hydrogens is 230 g/mol. The smallest absolute Gasteiger partial charge is 0.322 e. The number of hydrogen-bond acceptors (Lipinski definition) is 3. The highest BCUT2D eigenvalue weighted by Crippen LogP contribution is 2.42. The van der Waals surface area contributed by atoms with Crippen LogP contribution in [-0.2, 0) is 4.79 Å². The summed E-state index contributed by atoms with van der Waals surface area (Å²) in [6.45, 7) is 3.40. The number of carboxylic acid groups (broad SMARTS) is 1. The molecule has 0 aromatic heterocycles. The Morgan fingerprint density at radius 3 is 2.59 bits per heavy atom. The van der Waals surface area contributed by atoms with E-state index in [0.29, 0.717) is 6.42 Å². The quantitative estimate of drug-likeness (QED) is 0.797. The molecule has 3 atom stereocenters. The van der Waals surface area contributed by atoms with Gasteiger partial charge in [-0.15, -0.1) is 0 Å². The fourth-order valence-corrected chi connectivity index (χ4v) is 2.67. The molecule has 1 aliphatic heterocycles. The summed E-state index contributed by atoms with van der Waals surface area (Å²) in [5.74, 6) is -5.23.